The number of Topliss-reactive ketones (excluding diaryl/α,β-unsaturated/α-hetero) is 1. The first-order valence-electron chi connectivity index (χ1n) is 10.7. The molecule has 0 saturated carbocycles. The SMILES string of the molecule is C#CCNC(=O)c1cc(C#C)ccc1C1C(C(C)=O)=C(C)N(c2cccc(C(F)(F)F)c2)C(=O)N1C. The molecular weight excluding hydrogens is 471 g/mol. The van der Waals surface area contributed by atoms with Gasteiger partial charge in [-0.3, -0.25) is 14.5 Å². The Kier molecular flexibility index (Phi) is 7.26. The summed E-state index contributed by atoms with van der Waals surface area (Å²) in [6, 6.07) is 7.15. The standard InChI is InChI=1S/C27H22F3N3O3/c1-6-13-31-25(35)22-14-18(7-2)11-12-21(22)24-23(17(4)34)16(3)33(26(36)32(24)5)20-10-8-9-19(15-20)27(28,29)30/h1-2,8-12,14-15,24H,13H2,3-5H3,(H,31,35). The lowest BCUT2D eigenvalue weighted by molar-refractivity contribution is -0.137. The van der Waals surface area contributed by atoms with Gasteiger partial charge in [-0.05, 0) is 49.7 Å². The molecular formula is C27H22F3N3O3. The summed E-state index contributed by atoms with van der Waals surface area (Å²) in [7, 11) is 1.40. The molecule has 0 saturated heterocycles. The number of hydrogen-bond donors (Lipinski definition) is 1. The molecule has 3 amide bonds. The van der Waals surface area contributed by atoms with E-state index in [0.717, 1.165) is 17.0 Å². The molecule has 6 nitrogen and oxygen atoms in total. The molecule has 0 fully saturated rings. The van der Waals surface area contributed by atoms with Crippen LogP contribution >= 0.6 is 0 Å². The summed E-state index contributed by atoms with van der Waals surface area (Å²) in [5.41, 5.74) is 0.111. The monoisotopic (exact) mass is 493 g/mol. The van der Waals surface area contributed by atoms with Gasteiger partial charge in [0.15, 0.2) is 5.78 Å². The van der Waals surface area contributed by atoms with E-state index in [0.29, 0.717) is 11.1 Å². The Morgan fingerprint density at radius 2 is 1.83 bits per heavy atom. The fourth-order valence-electron chi connectivity index (χ4n) is 4.17. The number of carbonyl (C=O) groups excluding carboxylic acids is 3. The molecule has 1 N–H and O–H groups in total. The van der Waals surface area contributed by atoms with Crippen LogP contribution < -0.4 is 10.2 Å². The van der Waals surface area contributed by atoms with Gasteiger partial charge in [-0.15, -0.1) is 12.8 Å². The van der Waals surface area contributed by atoms with Gasteiger partial charge >= 0.3 is 12.2 Å². The maximum absolute atomic E-state index is 13.5. The van der Waals surface area contributed by atoms with Crippen LogP contribution in [0.25, 0.3) is 0 Å². The van der Waals surface area contributed by atoms with Gasteiger partial charge in [-0.1, -0.05) is 24.0 Å². The van der Waals surface area contributed by atoms with Crippen LogP contribution in [0.1, 0.15) is 46.9 Å². The van der Waals surface area contributed by atoms with Gasteiger partial charge in [0.1, 0.15) is 0 Å². The Hall–Kier alpha value is -4.50. The van der Waals surface area contributed by atoms with Crippen LogP contribution in [-0.2, 0) is 11.0 Å². The number of nitrogens with one attached hydrogen (secondary N) is 1. The summed E-state index contributed by atoms with van der Waals surface area (Å²) in [5, 5.41) is 2.55. The van der Waals surface area contributed by atoms with Crippen molar-refractivity contribution < 1.29 is 27.6 Å². The number of hydrogen-bond acceptors (Lipinski definition) is 3. The number of nitrogens with zero attached hydrogens (tertiary/aromatic N) is 2. The zero-order chi connectivity index (χ0) is 26.8. The van der Waals surface area contributed by atoms with E-state index in [-0.39, 0.29) is 29.1 Å². The summed E-state index contributed by atoms with van der Waals surface area (Å²) < 4.78 is 40.0. The minimum atomic E-state index is -4.62. The largest absolute Gasteiger partial charge is 0.416 e. The highest BCUT2D eigenvalue weighted by atomic mass is 19.4. The summed E-state index contributed by atoms with van der Waals surface area (Å²) in [4.78, 5) is 41.5. The summed E-state index contributed by atoms with van der Waals surface area (Å²) in [6.45, 7) is 2.70. The first kappa shape index (κ1) is 26.1. The van der Waals surface area contributed by atoms with E-state index in [2.05, 4.69) is 17.2 Å². The highest BCUT2D eigenvalue weighted by molar-refractivity contribution is 6.06. The molecule has 36 heavy (non-hydrogen) atoms. The molecule has 2 aromatic rings. The number of allylic oxidation sites excluding steroid dienone is 1. The Morgan fingerprint density at radius 3 is 2.42 bits per heavy atom. The average molecular weight is 493 g/mol. The van der Waals surface area contributed by atoms with Gasteiger partial charge in [-0.2, -0.15) is 13.2 Å². The second-order valence-electron chi connectivity index (χ2n) is 8.07. The van der Waals surface area contributed by atoms with Crippen molar-refractivity contribution in [2.24, 2.45) is 0 Å². The molecule has 0 bridgehead atoms. The third kappa shape index (κ3) is 4.82. The van der Waals surface area contributed by atoms with E-state index in [1.165, 1.54) is 44.0 Å². The van der Waals surface area contributed by atoms with Gasteiger partial charge in [0.05, 0.1) is 23.8 Å². The first-order valence-corrected chi connectivity index (χ1v) is 10.7. The molecule has 184 valence electrons. The quantitative estimate of drug-likeness (QED) is 0.623. The number of urea groups is 1. The highest BCUT2D eigenvalue weighted by Gasteiger charge is 2.41. The smallest absolute Gasteiger partial charge is 0.341 e. The predicted molar refractivity (Wildman–Crippen MR) is 129 cm³/mol. The third-order valence-electron chi connectivity index (χ3n) is 5.80. The molecule has 1 heterocycles. The van der Waals surface area contributed by atoms with Crippen LogP contribution in [0.2, 0.25) is 0 Å². The van der Waals surface area contributed by atoms with Gasteiger partial charge in [0.25, 0.3) is 5.91 Å². The fraction of sp³-hybridized carbons (Fsp3) is 0.222. The molecule has 2 aromatic carbocycles. The maximum Gasteiger partial charge on any atom is 0.416 e. The van der Waals surface area contributed by atoms with E-state index >= 15 is 0 Å². The molecule has 0 spiro atoms. The molecule has 0 aromatic heterocycles. The minimum Gasteiger partial charge on any atom is -0.341 e. The third-order valence-corrected chi connectivity index (χ3v) is 5.80. The summed E-state index contributed by atoms with van der Waals surface area (Å²) >= 11 is 0. The Labute approximate surface area is 206 Å². The molecule has 9 heteroatoms. The van der Waals surface area contributed by atoms with E-state index < -0.39 is 35.5 Å². The number of carbonyl (C=O) groups is 3. The summed E-state index contributed by atoms with van der Waals surface area (Å²) in [6.07, 6.45) is 6.11. The highest BCUT2D eigenvalue weighted by Crippen LogP contribution is 2.41. The number of anilines is 1. The Bertz CT molecular complexity index is 1360. The van der Waals surface area contributed by atoms with Crippen molar-refractivity contribution in [2.75, 3.05) is 18.5 Å². The molecule has 0 radical (unpaired) electrons. The predicted octanol–water partition coefficient (Wildman–Crippen LogP) is 4.53. The van der Waals surface area contributed by atoms with E-state index in [1.807, 2.05) is 0 Å². The van der Waals surface area contributed by atoms with Crippen molar-refractivity contribution in [1.29, 1.82) is 0 Å². The number of ketones is 1. The normalized spacial score (nSPS) is 15.9. The zero-order valence-electron chi connectivity index (χ0n) is 19.7. The van der Waals surface area contributed by atoms with Crippen molar-refractivity contribution in [2.45, 2.75) is 26.1 Å². The lowest BCUT2D eigenvalue weighted by Gasteiger charge is -2.41. The van der Waals surface area contributed by atoms with Crippen molar-refractivity contribution in [3.05, 3.63) is 76.0 Å². The van der Waals surface area contributed by atoms with E-state index in [9.17, 15) is 27.6 Å². The molecule has 1 aliphatic rings. The van der Waals surface area contributed by atoms with Crippen molar-refractivity contribution in [1.82, 2.24) is 10.2 Å². The van der Waals surface area contributed by atoms with Crippen LogP contribution in [-0.4, -0.2) is 36.2 Å². The molecule has 1 aliphatic heterocycles. The second-order valence-corrected chi connectivity index (χ2v) is 8.07. The number of benzene rings is 2. The average Bonchev–Trinajstić information content (AvgIpc) is 2.83. The number of terminal acetylenes is 2. The number of halogens is 3. The van der Waals surface area contributed by atoms with E-state index in [1.54, 1.807) is 12.1 Å². The van der Waals surface area contributed by atoms with Crippen molar-refractivity contribution >= 4 is 23.4 Å². The molecule has 3 rings (SSSR count). The number of amides is 3. The number of rotatable bonds is 5. The Balaban J connectivity index is 2.24. The van der Waals surface area contributed by atoms with Crippen LogP contribution in [0.5, 0.6) is 0 Å². The van der Waals surface area contributed by atoms with Crippen LogP contribution in [0.3, 0.4) is 0 Å². The number of alkyl halides is 3. The van der Waals surface area contributed by atoms with Gasteiger partial charge < -0.3 is 10.2 Å². The van der Waals surface area contributed by atoms with Gasteiger partial charge in [0.2, 0.25) is 0 Å². The van der Waals surface area contributed by atoms with Gasteiger partial charge in [0, 0.05) is 29.4 Å². The van der Waals surface area contributed by atoms with E-state index in [4.69, 9.17) is 12.8 Å². The number of likely N-dealkylation sites (N-methyl/N-ethyl adjacent to an activating group) is 1. The molecule has 1 unspecified atom stereocenters. The molecule has 1 atom stereocenters. The molecule has 0 aliphatic carbocycles. The van der Waals surface area contributed by atoms with Crippen LogP contribution in [0, 0.1) is 24.7 Å². The lowest BCUT2D eigenvalue weighted by atomic mass is 9.87. The topological polar surface area (TPSA) is 69.7 Å². The van der Waals surface area contributed by atoms with Crippen LogP contribution in [0.4, 0.5) is 23.7 Å². The second kappa shape index (κ2) is 10.0. The summed E-state index contributed by atoms with van der Waals surface area (Å²) in [5.74, 6) is 3.76. The van der Waals surface area contributed by atoms with Crippen molar-refractivity contribution in [3.63, 3.8) is 0 Å². The zero-order valence-corrected chi connectivity index (χ0v) is 19.7. The maximum atomic E-state index is 13.5. The Morgan fingerprint density at radius 1 is 1.14 bits per heavy atom. The fourth-order valence-corrected chi connectivity index (χ4v) is 4.17. The minimum absolute atomic E-state index is 0.0500. The van der Waals surface area contributed by atoms with Crippen LogP contribution in [0.15, 0.2) is 53.7 Å². The van der Waals surface area contributed by atoms with Crippen molar-refractivity contribution in [3.8, 4) is 24.7 Å². The lowest BCUT2D eigenvalue weighted by Crippen LogP contribution is -2.49. The first-order chi connectivity index (χ1) is 16.9. The van der Waals surface area contributed by atoms with Gasteiger partial charge in [-0.25, -0.2) is 4.79 Å².